The van der Waals surface area contributed by atoms with E-state index in [1.54, 1.807) is 24.3 Å². The smallest absolute Gasteiger partial charge is 0.339 e. The van der Waals surface area contributed by atoms with Gasteiger partial charge in [-0.05, 0) is 38.6 Å². The van der Waals surface area contributed by atoms with Crippen LogP contribution in [0.25, 0.3) is 0 Å². The van der Waals surface area contributed by atoms with Crippen molar-refractivity contribution in [3.05, 3.63) is 29.8 Å². The van der Waals surface area contributed by atoms with Crippen LogP contribution in [0, 0.1) is 0 Å². The molecular formula is C15H23NO3. The van der Waals surface area contributed by atoms with Crippen LogP contribution in [-0.4, -0.2) is 41.7 Å². The van der Waals surface area contributed by atoms with Gasteiger partial charge in [0.25, 0.3) is 0 Å². The van der Waals surface area contributed by atoms with Crippen molar-refractivity contribution in [3.63, 3.8) is 0 Å². The Morgan fingerprint density at radius 2 is 1.95 bits per heavy atom. The first-order valence-corrected chi connectivity index (χ1v) is 6.79. The van der Waals surface area contributed by atoms with E-state index in [9.17, 15) is 4.79 Å². The van der Waals surface area contributed by atoms with Gasteiger partial charge in [-0.25, -0.2) is 4.79 Å². The number of carboxylic acid groups (broad SMARTS) is 1. The van der Waals surface area contributed by atoms with Crippen LogP contribution in [0.2, 0.25) is 0 Å². The summed E-state index contributed by atoms with van der Waals surface area (Å²) in [5, 5.41) is 9.08. The van der Waals surface area contributed by atoms with Gasteiger partial charge in [-0.2, -0.15) is 0 Å². The number of hydrogen-bond acceptors (Lipinski definition) is 3. The molecule has 0 bridgehead atoms. The Labute approximate surface area is 115 Å². The molecule has 4 nitrogen and oxygen atoms in total. The van der Waals surface area contributed by atoms with Crippen molar-refractivity contribution in [1.82, 2.24) is 4.90 Å². The lowest BCUT2D eigenvalue weighted by Crippen LogP contribution is -2.28. The van der Waals surface area contributed by atoms with E-state index >= 15 is 0 Å². The maximum atomic E-state index is 11.1. The Morgan fingerprint density at radius 3 is 2.53 bits per heavy atom. The van der Waals surface area contributed by atoms with Gasteiger partial charge in [0.2, 0.25) is 0 Å². The Hall–Kier alpha value is -1.55. The van der Waals surface area contributed by atoms with Gasteiger partial charge in [0, 0.05) is 6.54 Å². The molecule has 0 fully saturated rings. The Morgan fingerprint density at radius 1 is 1.32 bits per heavy atom. The summed E-state index contributed by atoms with van der Waals surface area (Å²) in [7, 11) is 0. The summed E-state index contributed by atoms with van der Waals surface area (Å²) in [6.07, 6.45) is 0.886. The lowest BCUT2D eigenvalue weighted by atomic mass is 10.2. The van der Waals surface area contributed by atoms with Gasteiger partial charge in [0.15, 0.2) is 0 Å². The highest BCUT2D eigenvalue weighted by Crippen LogP contribution is 2.20. The Kier molecular flexibility index (Phi) is 6.36. The second kappa shape index (κ2) is 7.79. The molecule has 0 heterocycles. The number of para-hydroxylation sites is 1. The summed E-state index contributed by atoms with van der Waals surface area (Å²) in [5.74, 6) is -0.506. The van der Waals surface area contributed by atoms with Crippen LogP contribution >= 0.6 is 0 Å². The van der Waals surface area contributed by atoms with E-state index in [0.717, 1.165) is 26.1 Å². The molecule has 0 radical (unpaired) electrons. The molecule has 0 aliphatic rings. The van der Waals surface area contributed by atoms with E-state index in [2.05, 4.69) is 18.7 Å². The average molecular weight is 265 g/mol. The lowest BCUT2D eigenvalue weighted by molar-refractivity contribution is 0.0689. The highest BCUT2D eigenvalue weighted by Gasteiger charge is 2.13. The molecule has 1 aromatic carbocycles. The van der Waals surface area contributed by atoms with E-state index in [0.29, 0.717) is 5.75 Å². The van der Waals surface area contributed by atoms with Crippen molar-refractivity contribution in [2.75, 3.05) is 19.6 Å². The Bertz CT molecular complexity index is 402. The molecule has 0 saturated carbocycles. The molecule has 1 atom stereocenters. The van der Waals surface area contributed by atoms with Crippen LogP contribution in [0.15, 0.2) is 24.3 Å². The molecule has 0 aliphatic heterocycles. The number of aromatic carboxylic acids is 1. The van der Waals surface area contributed by atoms with E-state index in [1.165, 1.54) is 0 Å². The quantitative estimate of drug-likeness (QED) is 0.785. The normalized spacial score (nSPS) is 12.4. The largest absolute Gasteiger partial charge is 0.490 e. The van der Waals surface area contributed by atoms with Crippen LogP contribution < -0.4 is 4.74 Å². The van der Waals surface area contributed by atoms with E-state index in [-0.39, 0.29) is 11.7 Å². The number of benzene rings is 1. The van der Waals surface area contributed by atoms with E-state index in [1.807, 2.05) is 6.92 Å². The predicted molar refractivity (Wildman–Crippen MR) is 75.9 cm³/mol. The summed E-state index contributed by atoms with van der Waals surface area (Å²) in [4.78, 5) is 13.4. The third-order valence-corrected chi connectivity index (χ3v) is 3.19. The lowest BCUT2D eigenvalue weighted by Gasteiger charge is -2.21. The fourth-order valence-corrected chi connectivity index (χ4v) is 1.93. The number of carbonyl (C=O) groups is 1. The van der Waals surface area contributed by atoms with Gasteiger partial charge < -0.3 is 14.7 Å². The van der Waals surface area contributed by atoms with Gasteiger partial charge in [0.1, 0.15) is 11.3 Å². The zero-order chi connectivity index (χ0) is 14.3. The minimum atomic E-state index is -0.952. The highest BCUT2D eigenvalue weighted by atomic mass is 16.5. The van der Waals surface area contributed by atoms with Gasteiger partial charge in [0.05, 0.1) is 6.10 Å². The first-order chi connectivity index (χ1) is 9.08. The van der Waals surface area contributed by atoms with Crippen molar-refractivity contribution in [2.45, 2.75) is 33.3 Å². The first-order valence-electron chi connectivity index (χ1n) is 6.79. The second-order valence-electron chi connectivity index (χ2n) is 4.55. The van der Waals surface area contributed by atoms with Crippen molar-refractivity contribution in [1.29, 1.82) is 0 Å². The summed E-state index contributed by atoms with van der Waals surface area (Å²) in [6, 6.07) is 6.77. The maximum absolute atomic E-state index is 11.1. The van der Waals surface area contributed by atoms with Gasteiger partial charge in [-0.15, -0.1) is 0 Å². The second-order valence-corrected chi connectivity index (χ2v) is 4.55. The zero-order valence-corrected chi connectivity index (χ0v) is 11.9. The predicted octanol–water partition coefficient (Wildman–Crippen LogP) is 2.88. The third kappa shape index (κ3) is 4.91. The van der Waals surface area contributed by atoms with Crippen molar-refractivity contribution < 1.29 is 14.6 Å². The minimum absolute atomic E-state index is 0.00102. The fourth-order valence-electron chi connectivity index (χ4n) is 1.93. The summed E-state index contributed by atoms with van der Waals surface area (Å²) >= 11 is 0. The van der Waals surface area contributed by atoms with E-state index < -0.39 is 5.97 Å². The molecule has 106 valence electrons. The standard InChI is InChI=1S/C15H23NO3/c1-4-16(5-2)11-10-12(3)19-14-9-7-6-8-13(14)15(17)18/h6-9,12H,4-5,10-11H2,1-3H3,(H,17,18). The number of nitrogens with zero attached hydrogens (tertiary/aromatic N) is 1. The van der Waals surface area contributed by atoms with Gasteiger partial charge in [-0.3, -0.25) is 0 Å². The molecule has 0 aliphatic carbocycles. The molecule has 19 heavy (non-hydrogen) atoms. The van der Waals surface area contributed by atoms with Gasteiger partial charge in [-0.1, -0.05) is 26.0 Å². The average Bonchev–Trinajstić information content (AvgIpc) is 2.40. The van der Waals surface area contributed by atoms with Crippen LogP contribution in [0.5, 0.6) is 5.75 Å². The summed E-state index contributed by atoms with van der Waals surface area (Å²) in [5.41, 5.74) is 0.220. The SMILES string of the molecule is CCN(CC)CCC(C)Oc1ccccc1C(=O)O. The molecule has 0 amide bonds. The van der Waals surface area contributed by atoms with E-state index in [4.69, 9.17) is 9.84 Å². The molecule has 1 aromatic rings. The fraction of sp³-hybridized carbons (Fsp3) is 0.533. The number of ether oxygens (including phenoxy) is 1. The third-order valence-electron chi connectivity index (χ3n) is 3.19. The van der Waals surface area contributed by atoms with Crippen molar-refractivity contribution in [2.24, 2.45) is 0 Å². The number of rotatable bonds is 8. The number of carboxylic acids is 1. The summed E-state index contributed by atoms with van der Waals surface area (Å²) in [6.45, 7) is 9.25. The number of hydrogen-bond donors (Lipinski definition) is 1. The van der Waals surface area contributed by atoms with Crippen LogP contribution in [-0.2, 0) is 0 Å². The summed E-state index contributed by atoms with van der Waals surface area (Å²) < 4.78 is 5.74. The molecule has 1 N–H and O–H groups in total. The molecule has 4 heteroatoms. The Balaban J connectivity index is 2.57. The topological polar surface area (TPSA) is 49.8 Å². The molecule has 1 rings (SSSR count). The van der Waals surface area contributed by atoms with Crippen LogP contribution in [0.4, 0.5) is 0 Å². The molecule has 0 aromatic heterocycles. The molecule has 0 saturated heterocycles. The zero-order valence-electron chi connectivity index (χ0n) is 11.9. The van der Waals surface area contributed by atoms with Crippen molar-refractivity contribution >= 4 is 5.97 Å². The minimum Gasteiger partial charge on any atom is -0.490 e. The van der Waals surface area contributed by atoms with Gasteiger partial charge >= 0.3 is 5.97 Å². The maximum Gasteiger partial charge on any atom is 0.339 e. The van der Waals surface area contributed by atoms with Crippen LogP contribution in [0.1, 0.15) is 37.6 Å². The first kappa shape index (κ1) is 15.5. The monoisotopic (exact) mass is 265 g/mol. The van der Waals surface area contributed by atoms with Crippen LogP contribution in [0.3, 0.4) is 0 Å². The molecule has 0 spiro atoms. The molecule has 1 unspecified atom stereocenters. The van der Waals surface area contributed by atoms with Crippen molar-refractivity contribution in [3.8, 4) is 5.75 Å². The molecular weight excluding hydrogens is 242 g/mol. The highest BCUT2D eigenvalue weighted by molar-refractivity contribution is 5.90.